The molecule has 1 atom stereocenters. The topological polar surface area (TPSA) is 21.3 Å². The van der Waals surface area contributed by atoms with E-state index in [0.717, 1.165) is 24.4 Å². The third kappa shape index (κ3) is 2.86. The average Bonchev–Trinajstić information content (AvgIpc) is 2.80. The standard InChI is InChI=1S/C14H19NO/c1-11(2)10-16-14-5-3-12(4-6-14)13-7-8-15-9-13/h3-6,13,15H,1,7-10H2,2H3. The first-order valence-electron chi connectivity index (χ1n) is 5.83. The van der Waals surface area contributed by atoms with E-state index in [1.165, 1.54) is 12.0 Å². The highest BCUT2D eigenvalue weighted by molar-refractivity contribution is 5.30. The summed E-state index contributed by atoms with van der Waals surface area (Å²) in [7, 11) is 0. The van der Waals surface area contributed by atoms with Crippen LogP contribution < -0.4 is 10.1 Å². The molecule has 0 saturated carbocycles. The van der Waals surface area contributed by atoms with Crippen molar-refractivity contribution in [1.29, 1.82) is 0 Å². The minimum absolute atomic E-state index is 0.602. The SMILES string of the molecule is C=C(C)COc1ccc(C2CCNC2)cc1. The molecule has 1 aliphatic rings. The lowest BCUT2D eigenvalue weighted by atomic mass is 9.98. The fourth-order valence-electron chi connectivity index (χ4n) is 1.98. The Morgan fingerprint density at radius 1 is 1.44 bits per heavy atom. The van der Waals surface area contributed by atoms with Gasteiger partial charge in [0.25, 0.3) is 0 Å². The monoisotopic (exact) mass is 217 g/mol. The summed E-state index contributed by atoms with van der Waals surface area (Å²) < 4.78 is 5.57. The highest BCUT2D eigenvalue weighted by Gasteiger charge is 2.15. The van der Waals surface area contributed by atoms with Crippen LogP contribution in [0.1, 0.15) is 24.8 Å². The van der Waals surface area contributed by atoms with Crippen molar-refractivity contribution >= 4 is 0 Å². The molecule has 1 fully saturated rings. The zero-order chi connectivity index (χ0) is 11.4. The first kappa shape index (κ1) is 11.2. The average molecular weight is 217 g/mol. The summed E-state index contributed by atoms with van der Waals surface area (Å²) in [5.41, 5.74) is 2.46. The molecule has 2 rings (SSSR count). The summed E-state index contributed by atoms with van der Waals surface area (Å²) in [5, 5.41) is 3.38. The van der Waals surface area contributed by atoms with E-state index in [9.17, 15) is 0 Å². The summed E-state index contributed by atoms with van der Waals surface area (Å²) in [6.45, 7) is 8.63. The van der Waals surface area contributed by atoms with Crippen molar-refractivity contribution in [3.05, 3.63) is 42.0 Å². The van der Waals surface area contributed by atoms with Gasteiger partial charge in [-0.25, -0.2) is 0 Å². The zero-order valence-corrected chi connectivity index (χ0v) is 9.83. The van der Waals surface area contributed by atoms with E-state index in [2.05, 4.69) is 36.2 Å². The molecule has 1 N–H and O–H groups in total. The Kier molecular flexibility index (Phi) is 3.62. The van der Waals surface area contributed by atoms with Crippen LogP contribution in [-0.2, 0) is 0 Å². The maximum Gasteiger partial charge on any atom is 0.119 e. The largest absolute Gasteiger partial charge is 0.489 e. The zero-order valence-electron chi connectivity index (χ0n) is 9.83. The second kappa shape index (κ2) is 5.17. The van der Waals surface area contributed by atoms with Crippen molar-refractivity contribution in [2.45, 2.75) is 19.3 Å². The summed E-state index contributed by atoms with van der Waals surface area (Å²) in [6, 6.07) is 8.45. The second-order valence-corrected chi connectivity index (χ2v) is 4.50. The van der Waals surface area contributed by atoms with Crippen LogP contribution >= 0.6 is 0 Å². The second-order valence-electron chi connectivity index (χ2n) is 4.50. The van der Waals surface area contributed by atoms with Gasteiger partial charge in [-0.1, -0.05) is 18.7 Å². The van der Waals surface area contributed by atoms with Gasteiger partial charge >= 0.3 is 0 Å². The Morgan fingerprint density at radius 3 is 2.75 bits per heavy atom. The molecular weight excluding hydrogens is 198 g/mol. The highest BCUT2D eigenvalue weighted by atomic mass is 16.5. The third-order valence-electron chi connectivity index (χ3n) is 2.90. The van der Waals surface area contributed by atoms with Gasteiger partial charge in [-0.2, -0.15) is 0 Å². The molecule has 0 aromatic heterocycles. The Labute approximate surface area is 97.3 Å². The quantitative estimate of drug-likeness (QED) is 0.783. The molecule has 1 unspecified atom stereocenters. The fourth-order valence-corrected chi connectivity index (χ4v) is 1.98. The van der Waals surface area contributed by atoms with Gasteiger partial charge in [0, 0.05) is 6.54 Å². The Hall–Kier alpha value is -1.28. The van der Waals surface area contributed by atoms with Crippen LogP contribution in [0.4, 0.5) is 0 Å². The molecule has 0 radical (unpaired) electrons. The smallest absolute Gasteiger partial charge is 0.119 e. The van der Waals surface area contributed by atoms with Crippen LogP contribution in [0.25, 0.3) is 0 Å². The lowest BCUT2D eigenvalue weighted by Gasteiger charge is -2.10. The fraction of sp³-hybridized carbons (Fsp3) is 0.429. The molecule has 1 aromatic carbocycles. The van der Waals surface area contributed by atoms with Crippen molar-refractivity contribution in [2.75, 3.05) is 19.7 Å². The van der Waals surface area contributed by atoms with E-state index >= 15 is 0 Å². The predicted octanol–water partition coefficient (Wildman–Crippen LogP) is 2.72. The molecule has 0 aliphatic carbocycles. The maximum atomic E-state index is 5.57. The number of benzene rings is 1. The molecule has 0 spiro atoms. The Balaban J connectivity index is 1.95. The van der Waals surface area contributed by atoms with E-state index < -0.39 is 0 Å². The van der Waals surface area contributed by atoms with Crippen molar-refractivity contribution in [2.24, 2.45) is 0 Å². The molecule has 2 heteroatoms. The van der Waals surface area contributed by atoms with Crippen molar-refractivity contribution < 1.29 is 4.74 Å². The first-order valence-corrected chi connectivity index (χ1v) is 5.83. The molecule has 2 nitrogen and oxygen atoms in total. The van der Waals surface area contributed by atoms with Gasteiger partial charge in [0.2, 0.25) is 0 Å². The number of rotatable bonds is 4. The van der Waals surface area contributed by atoms with Crippen LogP contribution in [0.3, 0.4) is 0 Å². The molecule has 16 heavy (non-hydrogen) atoms. The number of ether oxygens (including phenoxy) is 1. The lowest BCUT2D eigenvalue weighted by molar-refractivity contribution is 0.352. The van der Waals surface area contributed by atoms with Crippen LogP contribution in [0, 0.1) is 0 Å². The first-order chi connectivity index (χ1) is 7.75. The molecule has 1 aromatic rings. The molecule has 1 aliphatic heterocycles. The Bertz CT molecular complexity index is 350. The van der Waals surface area contributed by atoms with Gasteiger partial charge in [-0.05, 0) is 49.1 Å². The third-order valence-corrected chi connectivity index (χ3v) is 2.90. The molecule has 0 amide bonds. The summed E-state index contributed by atoms with van der Waals surface area (Å²) in [4.78, 5) is 0. The van der Waals surface area contributed by atoms with Gasteiger partial charge in [0.15, 0.2) is 0 Å². The van der Waals surface area contributed by atoms with E-state index in [-0.39, 0.29) is 0 Å². The normalized spacial score (nSPS) is 19.7. The van der Waals surface area contributed by atoms with E-state index in [1.54, 1.807) is 0 Å². The van der Waals surface area contributed by atoms with E-state index in [1.807, 2.05) is 6.92 Å². The highest BCUT2D eigenvalue weighted by Crippen LogP contribution is 2.24. The summed E-state index contributed by atoms with van der Waals surface area (Å²) in [5.74, 6) is 1.60. The van der Waals surface area contributed by atoms with Crippen LogP contribution in [0.2, 0.25) is 0 Å². The molecular formula is C14H19NO. The summed E-state index contributed by atoms with van der Waals surface area (Å²) >= 11 is 0. The van der Waals surface area contributed by atoms with Gasteiger partial charge in [0.1, 0.15) is 12.4 Å². The van der Waals surface area contributed by atoms with Gasteiger partial charge in [-0.3, -0.25) is 0 Å². The predicted molar refractivity (Wildman–Crippen MR) is 67.0 cm³/mol. The van der Waals surface area contributed by atoms with E-state index in [4.69, 9.17) is 4.74 Å². The minimum Gasteiger partial charge on any atom is -0.489 e. The van der Waals surface area contributed by atoms with Crippen molar-refractivity contribution in [3.8, 4) is 5.75 Å². The molecule has 86 valence electrons. The van der Waals surface area contributed by atoms with Crippen molar-refractivity contribution in [1.82, 2.24) is 5.32 Å². The van der Waals surface area contributed by atoms with Crippen LogP contribution in [0.5, 0.6) is 5.75 Å². The van der Waals surface area contributed by atoms with Gasteiger partial charge in [-0.15, -0.1) is 0 Å². The number of hydrogen-bond donors (Lipinski definition) is 1. The van der Waals surface area contributed by atoms with Gasteiger partial charge < -0.3 is 10.1 Å². The minimum atomic E-state index is 0.602. The molecule has 0 bridgehead atoms. The lowest BCUT2D eigenvalue weighted by Crippen LogP contribution is -2.07. The number of hydrogen-bond acceptors (Lipinski definition) is 2. The molecule has 1 saturated heterocycles. The number of nitrogens with one attached hydrogen (secondary N) is 1. The van der Waals surface area contributed by atoms with Crippen molar-refractivity contribution in [3.63, 3.8) is 0 Å². The maximum absolute atomic E-state index is 5.57. The Morgan fingerprint density at radius 2 is 2.19 bits per heavy atom. The van der Waals surface area contributed by atoms with Crippen LogP contribution in [-0.4, -0.2) is 19.7 Å². The van der Waals surface area contributed by atoms with Gasteiger partial charge in [0.05, 0.1) is 0 Å². The van der Waals surface area contributed by atoms with E-state index in [0.29, 0.717) is 12.5 Å². The molecule has 1 heterocycles. The summed E-state index contributed by atoms with van der Waals surface area (Å²) in [6.07, 6.45) is 1.24. The van der Waals surface area contributed by atoms with Crippen LogP contribution in [0.15, 0.2) is 36.4 Å².